The van der Waals surface area contributed by atoms with Crippen molar-refractivity contribution in [2.24, 2.45) is 11.3 Å². The van der Waals surface area contributed by atoms with Crippen LogP contribution in [0.5, 0.6) is 0 Å². The number of carbonyl (C=O) groups is 1. The third-order valence-electron chi connectivity index (χ3n) is 5.44. The largest absolute Gasteiger partial charge is 0.361 e. The first kappa shape index (κ1) is 14.6. The number of aromatic amines is 1. The lowest BCUT2D eigenvalue weighted by Crippen LogP contribution is -2.41. The van der Waals surface area contributed by atoms with Crippen molar-refractivity contribution in [3.8, 4) is 0 Å². The molecule has 2 fully saturated rings. The number of nitrogens with one attached hydrogen (secondary N) is 2. The number of hydrogen-bond acceptors (Lipinski definition) is 1. The molecule has 2 aliphatic carbocycles. The number of fused-ring (bicyclic) bond motifs is 1. The number of amides is 2. The molecule has 0 spiro atoms. The molecule has 1 unspecified atom stereocenters. The molecule has 1 atom stereocenters. The number of nitrogens with zero attached hydrogens (tertiary/aromatic N) is 1. The van der Waals surface area contributed by atoms with Crippen LogP contribution in [-0.2, 0) is 6.54 Å². The van der Waals surface area contributed by atoms with Crippen molar-refractivity contribution >= 4 is 16.9 Å². The van der Waals surface area contributed by atoms with Gasteiger partial charge in [0.25, 0.3) is 0 Å². The van der Waals surface area contributed by atoms with Crippen LogP contribution < -0.4 is 5.32 Å². The first-order chi connectivity index (χ1) is 11.0. The normalized spacial score (nSPS) is 22.1. The summed E-state index contributed by atoms with van der Waals surface area (Å²) in [6.07, 6.45) is 5.45. The Bertz CT molecular complexity index is 729. The number of aromatic nitrogens is 1. The molecule has 23 heavy (non-hydrogen) atoms. The van der Waals surface area contributed by atoms with Crippen molar-refractivity contribution in [2.45, 2.75) is 45.7 Å². The molecule has 2 amide bonds. The Balaban J connectivity index is 1.41. The summed E-state index contributed by atoms with van der Waals surface area (Å²) in [5.74, 6) is 0.642. The van der Waals surface area contributed by atoms with Gasteiger partial charge in [-0.15, -0.1) is 0 Å². The Morgan fingerprint density at radius 2 is 2.13 bits per heavy atom. The molecule has 1 heterocycles. The van der Waals surface area contributed by atoms with Gasteiger partial charge in [-0.3, -0.25) is 0 Å². The molecule has 2 aliphatic rings. The minimum atomic E-state index is 0.101. The van der Waals surface area contributed by atoms with E-state index in [1.807, 2.05) is 11.1 Å². The molecule has 1 aromatic heterocycles. The Morgan fingerprint density at radius 3 is 2.83 bits per heavy atom. The fraction of sp³-hybridized carbons (Fsp3) is 0.526. The maximum Gasteiger partial charge on any atom is 0.317 e. The summed E-state index contributed by atoms with van der Waals surface area (Å²) in [5.41, 5.74) is 2.76. The molecule has 0 aliphatic heterocycles. The summed E-state index contributed by atoms with van der Waals surface area (Å²) in [6, 6.07) is 8.99. The van der Waals surface area contributed by atoms with E-state index in [2.05, 4.69) is 48.4 Å². The highest BCUT2D eigenvalue weighted by Gasteiger charge is 2.45. The second-order valence-electron chi connectivity index (χ2n) is 7.83. The van der Waals surface area contributed by atoms with Crippen molar-refractivity contribution in [1.82, 2.24) is 15.2 Å². The highest BCUT2D eigenvalue weighted by molar-refractivity contribution is 5.80. The molecule has 0 saturated heterocycles. The van der Waals surface area contributed by atoms with Crippen LogP contribution in [0.25, 0.3) is 10.9 Å². The maximum atomic E-state index is 12.6. The van der Waals surface area contributed by atoms with E-state index < -0.39 is 0 Å². The summed E-state index contributed by atoms with van der Waals surface area (Å²) in [4.78, 5) is 17.8. The SMILES string of the molecule is CC1(C)CC1CNC(=O)N(Cc1ccc2[nH]ccc2c1)C1CC1. The predicted octanol–water partition coefficient (Wildman–Crippen LogP) is 3.89. The molecule has 2 N–H and O–H groups in total. The third kappa shape index (κ3) is 3.07. The van der Waals surface area contributed by atoms with Gasteiger partial charge in [0, 0.05) is 30.8 Å². The lowest BCUT2D eigenvalue weighted by atomic mass is 10.1. The zero-order valence-electron chi connectivity index (χ0n) is 13.9. The van der Waals surface area contributed by atoms with E-state index in [-0.39, 0.29) is 6.03 Å². The molecule has 4 heteroatoms. The number of carbonyl (C=O) groups excluding carboxylic acids is 1. The number of benzene rings is 1. The van der Waals surface area contributed by atoms with Gasteiger partial charge in [-0.2, -0.15) is 0 Å². The fourth-order valence-corrected chi connectivity index (χ4v) is 3.39. The first-order valence-corrected chi connectivity index (χ1v) is 8.63. The van der Waals surface area contributed by atoms with Gasteiger partial charge in [-0.05, 0) is 59.7 Å². The van der Waals surface area contributed by atoms with Gasteiger partial charge in [0.1, 0.15) is 0 Å². The monoisotopic (exact) mass is 311 g/mol. The Labute approximate surface area is 137 Å². The molecule has 122 valence electrons. The van der Waals surface area contributed by atoms with Gasteiger partial charge >= 0.3 is 6.03 Å². The van der Waals surface area contributed by atoms with E-state index in [4.69, 9.17) is 0 Å². The van der Waals surface area contributed by atoms with Crippen LogP contribution in [0.3, 0.4) is 0 Å². The van der Waals surface area contributed by atoms with E-state index >= 15 is 0 Å². The topological polar surface area (TPSA) is 48.1 Å². The van der Waals surface area contributed by atoms with E-state index in [0.717, 1.165) is 24.9 Å². The molecule has 4 nitrogen and oxygen atoms in total. The summed E-state index contributed by atoms with van der Waals surface area (Å²) in [5, 5.41) is 4.36. The van der Waals surface area contributed by atoms with Crippen LogP contribution in [0, 0.1) is 11.3 Å². The molecule has 2 aromatic rings. The third-order valence-corrected chi connectivity index (χ3v) is 5.44. The van der Waals surface area contributed by atoms with E-state index in [9.17, 15) is 4.79 Å². The van der Waals surface area contributed by atoms with Crippen LogP contribution in [0.2, 0.25) is 0 Å². The fourth-order valence-electron chi connectivity index (χ4n) is 3.39. The smallest absolute Gasteiger partial charge is 0.317 e. The number of H-pyrrole nitrogens is 1. The van der Waals surface area contributed by atoms with Crippen LogP contribution in [0.15, 0.2) is 30.5 Å². The Kier molecular flexibility index (Phi) is 3.36. The van der Waals surface area contributed by atoms with Crippen LogP contribution in [0.1, 0.15) is 38.7 Å². The summed E-state index contributed by atoms with van der Waals surface area (Å²) < 4.78 is 0. The number of urea groups is 1. The average molecular weight is 311 g/mol. The average Bonchev–Trinajstić information content (AvgIpc) is 3.40. The molecule has 2 saturated carbocycles. The Hall–Kier alpha value is -1.97. The van der Waals surface area contributed by atoms with E-state index in [0.29, 0.717) is 23.9 Å². The zero-order chi connectivity index (χ0) is 16.0. The zero-order valence-corrected chi connectivity index (χ0v) is 13.9. The summed E-state index contributed by atoms with van der Waals surface area (Å²) >= 11 is 0. The van der Waals surface area contributed by atoms with Gasteiger partial charge in [0.05, 0.1) is 0 Å². The second-order valence-corrected chi connectivity index (χ2v) is 7.83. The maximum absolute atomic E-state index is 12.6. The molecule has 0 radical (unpaired) electrons. The van der Waals surface area contributed by atoms with Crippen molar-refractivity contribution in [1.29, 1.82) is 0 Å². The van der Waals surface area contributed by atoms with Crippen molar-refractivity contribution in [3.05, 3.63) is 36.0 Å². The summed E-state index contributed by atoms with van der Waals surface area (Å²) in [6.45, 7) is 6.06. The minimum absolute atomic E-state index is 0.101. The molecular formula is C19H25N3O. The molecular weight excluding hydrogens is 286 g/mol. The van der Waals surface area contributed by atoms with Crippen molar-refractivity contribution < 1.29 is 4.79 Å². The summed E-state index contributed by atoms with van der Waals surface area (Å²) in [7, 11) is 0. The van der Waals surface area contributed by atoms with Gasteiger partial charge in [0.15, 0.2) is 0 Å². The highest BCUT2D eigenvalue weighted by atomic mass is 16.2. The van der Waals surface area contributed by atoms with Crippen molar-refractivity contribution in [2.75, 3.05) is 6.54 Å². The van der Waals surface area contributed by atoms with Gasteiger partial charge in [-0.25, -0.2) is 4.79 Å². The van der Waals surface area contributed by atoms with Crippen LogP contribution in [0.4, 0.5) is 4.79 Å². The van der Waals surface area contributed by atoms with Gasteiger partial charge in [0.2, 0.25) is 0 Å². The van der Waals surface area contributed by atoms with Gasteiger partial charge in [-0.1, -0.05) is 19.9 Å². The lowest BCUT2D eigenvalue weighted by molar-refractivity contribution is 0.191. The quantitative estimate of drug-likeness (QED) is 0.864. The highest BCUT2D eigenvalue weighted by Crippen LogP contribution is 2.51. The Morgan fingerprint density at radius 1 is 1.35 bits per heavy atom. The minimum Gasteiger partial charge on any atom is -0.361 e. The predicted molar refractivity (Wildman–Crippen MR) is 92.2 cm³/mol. The van der Waals surface area contributed by atoms with E-state index in [1.54, 1.807) is 0 Å². The first-order valence-electron chi connectivity index (χ1n) is 8.63. The number of rotatable bonds is 5. The molecule has 0 bridgehead atoms. The van der Waals surface area contributed by atoms with Gasteiger partial charge < -0.3 is 15.2 Å². The van der Waals surface area contributed by atoms with E-state index in [1.165, 1.54) is 17.4 Å². The lowest BCUT2D eigenvalue weighted by Gasteiger charge is -2.23. The standard InChI is InChI=1S/C19H25N3O/c1-19(2)10-15(19)11-21-18(23)22(16-4-5-16)12-13-3-6-17-14(9-13)7-8-20-17/h3,6-9,15-16,20H,4-5,10-12H2,1-2H3,(H,21,23). The van der Waals surface area contributed by atoms with Crippen LogP contribution >= 0.6 is 0 Å². The second kappa shape index (κ2) is 5.29. The molecule has 1 aromatic carbocycles. The van der Waals surface area contributed by atoms with Crippen LogP contribution in [-0.4, -0.2) is 28.5 Å². The van der Waals surface area contributed by atoms with Crippen molar-refractivity contribution in [3.63, 3.8) is 0 Å². The molecule has 4 rings (SSSR count). The number of hydrogen-bond donors (Lipinski definition) is 2.